The number of carbonyl (C=O) groups is 1. The first-order valence-electron chi connectivity index (χ1n) is 6.75. The predicted molar refractivity (Wildman–Crippen MR) is 74.0 cm³/mol. The van der Waals surface area contributed by atoms with Crippen LogP contribution in [0.1, 0.15) is 12.8 Å². The molecule has 1 aliphatic heterocycles. The van der Waals surface area contributed by atoms with Crippen molar-refractivity contribution in [2.24, 2.45) is 0 Å². The highest BCUT2D eigenvalue weighted by molar-refractivity contribution is 5.75. The van der Waals surface area contributed by atoms with Crippen molar-refractivity contribution in [2.45, 2.75) is 18.9 Å². The van der Waals surface area contributed by atoms with Crippen LogP contribution in [0.3, 0.4) is 0 Å². The molecule has 2 fully saturated rings. The molecule has 6 heteroatoms. The molecular formula is C13H19N5O. The Balaban J connectivity index is 1.57. The van der Waals surface area contributed by atoms with Crippen LogP contribution in [-0.4, -0.2) is 48.1 Å². The van der Waals surface area contributed by atoms with Crippen LogP contribution in [0.2, 0.25) is 0 Å². The number of pyridine rings is 1. The molecular weight excluding hydrogens is 242 g/mol. The molecule has 6 nitrogen and oxygen atoms in total. The Labute approximate surface area is 112 Å². The van der Waals surface area contributed by atoms with Crippen molar-refractivity contribution in [3.63, 3.8) is 0 Å². The normalized spacial score (nSPS) is 19.4. The average molecular weight is 261 g/mol. The van der Waals surface area contributed by atoms with Gasteiger partial charge < -0.3 is 20.9 Å². The summed E-state index contributed by atoms with van der Waals surface area (Å²) in [6.07, 6.45) is 3.99. The molecule has 1 saturated heterocycles. The Hall–Kier alpha value is -1.98. The minimum Gasteiger partial charge on any atom is -0.396 e. The SMILES string of the molecule is Nc1cccnc1N1CCN(C(=O)NC2CC2)CC1. The van der Waals surface area contributed by atoms with E-state index in [0.717, 1.165) is 31.7 Å². The minimum atomic E-state index is 0.0659. The molecule has 2 heterocycles. The van der Waals surface area contributed by atoms with Gasteiger partial charge in [0.15, 0.2) is 5.82 Å². The van der Waals surface area contributed by atoms with E-state index < -0.39 is 0 Å². The number of aromatic nitrogens is 1. The van der Waals surface area contributed by atoms with E-state index in [1.807, 2.05) is 17.0 Å². The molecule has 0 aromatic carbocycles. The third-order valence-corrected chi connectivity index (χ3v) is 3.59. The van der Waals surface area contributed by atoms with Crippen LogP contribution in [0.5, 0.6) is 0 Å². The molecule has 1 saturated carbocycles. The van der Waals surface area contributed by atoms with Gasteiger partial charge in [-0.1, -0.05) is 0 Å². The first-order chi connectivity index (χ1) is 9.24. The Bertz CT molecular complexity index is 466. The van der Waals surface area contributed by atoms with Gasteiger partial charge in [-0.25, -0.2) is 9.78 Å². The molecule has 2 aliphatic rings. The van der Waals surface area contributed by atoms with Crippen molar-refractivity contribution < 1.29 is 4.79 Å². The fraction of sp³-hybridized carbons (Fsp3) is 0.538. The van der Waals surface area contributed by atoms with Crippen molar-refractivity contribution in [3.8, 4) is 0 Å². The molecule has 3 N–H and O–H groups in total. The summed E-state index contributed by atoms with van der Waals surface area (Å²) in [6.45, 7) is 2.99. The van der Waals surface area contributed by atoms with Gasteiger partial charge >= 0.3 is 6.03 Å². The van der Waals surface area contributed by atoms with Crippen LogP contribution in [0, 0.1) is 0 Å². The third kappa shape index (κ3) is 2.72. The number of rotatable bonds is 2. The summed E-state index contributed by atoms with van der Waals surface area (Å²) < 4.78 is 0. The number of urea groups is 1. The number of amides is 2. The summed E-state index contributed by atoms with van der Waals surface area (Å²) in [5.41, 5.74) is 6.62. The zero-order valence-corrected chi connectivity index (χ0v) is 10.9. The first-order valence-corrected chi connectivity index (χ1v) is 6.75. The maximum atomic E-state index is 11.9. The highest BCUT2D eigenvalue weighted by atomic mass is 16.2. The molecule has 3 rings (SSSR count). The lowest BCUT2D eigenvalue weighted by Gasteiger charge is -2.35. The summed E-state index contributed by atoms with van der Waals surface area (Å²) >= 11 is 0. The fourth-order valence-corrected chi connectivity index (χ4v) is 2.29. The predicted octanol–water partition coefficient (Wildman–Crippen LogP) is 0.658. The Morgan fingerprint density at radius 1 is 1.32 bits per heavy atom. The van der Waals surface area contributed by atoms with E-state index in [1.54, 1.807) is 6.20 Å². The average Bonchev–Trinajstić information content (AvgIpc) is 3.23. The number of nitrogens with one attached hydrogen (secondary N) is 1. The van der Waals surface area contributed by atoms with Gasteiger partial charge in [0.25, 0.3) is 0 Å². The lowest BCUT2D eigenvalue weighted by atomic mass is 10.3. The number of hydrogen-bond acceptors (Lipinski definition) is 4. The van der Waals surface area contributed by atoms with Crippen molar-refractivity contribution >= 4 is 17.5 Å². The monoisotopic (exact) mass is 261 g/mol. The number of nitrogen functional groups attached to an aromatic ring is 1. The topological polar surface area (TPSA) is 74.5 Å². The number of nitrogens with two attached hydrogens (primary N) is 1. The largest absolute Gasteiger partial charge is 0.396 e. The minimum absolute atomic E-state index is 0.0659. The Morgan fingerprint density at radius 2 is 2.05 bits per heavy atom. The number of nitrogens with zero attached hydrogens (tertiary/aromatic N) is 3. The molecule has 0 atom stereocenters. The number of piperazine rings is 1. The van der Waals surface area contributed by atoms with Gasteiger partial charge in [0, 0.05) is 38.4 Å². The molecule has 1 aromatic heterocycles. The lowest BCUT2D eigenvalue weighted by molar-refractivity contribution is 0.194. The highest BCUT2D eigenvalue weighted by Crippen LogP contribution is 2.21. The zero-order valence-electron chi connectivity index (χ0n) is 10.9. The van der Waals surface area contributed by atoms with Crippen molar-refractivity contribution in [1.82, 2.24) is 15.2 Å². The summed E-state index contributed by atoms with van der Waals surface area (Å²) in [5, 5.41) is 3.02. The maximum Gasteiger partial charge on any atom is 0.317 e. The summed E-state index contributed by atoms with van der Waals surface area (Å²) in [4.78, 5) is 20.2. The van der Waals surface area contributed by atoms with Gasteiger partial charge in [0.2, 0.25) is 0 Å². The lowest BCUT2D eigenvalue weighted by Crippen LogP contribution is -2.52. The van der Waals surface area contributed by atoms with Crippen LogP contribution in [0.25, 0.3) is 0 Å². The van der Waals surface area contributed by atoms with Gasteiger partial charge in [-0.3, -0.25) is 0 Å². The quantitative estimate of drug-likeness (QED) is 0.820. The summed E-state index contributed by atoms with van der Waals surface area (Å²) in [5.74, 6) is 0.824. The zero-order chi connectivity index (χ0) is 13.2. The van der Waals surface area contributed by atoms with E-state index in [9.17, 15) is 4.79 Å². The standard InChI is InChI=1S/C13H19N5O/c14-11-2-1-5-15-12(11)17-6-8-18(9-7-17)13(19)16-10-3-4-10/h1-2,5,10H,3-4,6-9,14H2,(H,16,19). The first kappa shape index (κ1) is 12.1. The van der Waals surface area contributed by atoms with E-state index in [0.29, 0.717) is 24.8 Å². The van der Waals surface area contributed by atoms with E-state index >= 15 is 0 Å². The van der Waals surface area contributed by atoms with E-state index in [2.05, 4.69) is 15.2 Å². The van der Waals surface area contributed by atoms with Crippen LogP contribution in [0.4, 0.5) is 16.3 Å². The molecule has 1 aromatic rings. The van der Waals surface area contributed by atoms with Crippen LogP contribution >= 0.6 is 0 Å². The van der Waals surface area contributed by atoms with E-state index in [1.165, 1.54) is 0 Å². The van der Waals surface area contributed by atoms with E-state index in [-0.39, 0.29) is 6.03 Å². The van der Waals surface area contributed by atoms with Crippen molar-refractivity contribution in [3.05, 3.63) is 18.3 Å². The van der Waals surface area contributed by atoms with Crippen LogP contribution in [-0.2, 0) is 0 Å². The van der Waals surface area contributed by atoms with Crippen molar-refractivity contribution in [2.75, 3.05) is 36.8 Å². The second kappa shape index (κ2) is 4.95. The van der Waals surface area contributed by atoms with Gasteiger partial charge in [-0.05, 0) is 25.0 Å². The fourth-order valence-electron chi connectivity index (χ4n) is 2.29. The second-order valence-electron chi connectivity index (χ2n) is 5.11. The highest BCUT2D eigenvalue weighted by Gasteiger charge is 2.28. The molecule has 0 radical (unpaired) electrons. The Kier molecular flexibility index (Phi) is 3.15. The van der Waals surface area contributed by atoms with Crippen LogP contribution in [0.15, 0.2) is 18.3 Å². The molecule has 0 spiro atoms. The number of carbonyl (C=O) groups excluding carboxylic acids is 1. The molecule has 19 heavy (non-hydrogen) atoms. The summed E-state index contributed by atoms with van der Waals surface area (Å²) in [7, 11) is 0. The maximum absolute atomic E-state index is 11.9. The molecule has 0 bridgehead atoms. The molecule has 1 aliphatic carbocycles. The van der Waals surface area contributed by atoms with E-state index in [4.69, 9.17) is 5.73 Å². The van der Waals surface area contributed by atoms with Gasteiger partial charge in [-0.15, -0.1) is 0 Å². The van der Waals surface area contributed by atoms with Gasteiger partial charge in [-0.2, -0.15) is 0 Å². The summed E-state index contributed by atoms with van der Waals surface area (Å²) in [6, 6.07) is 4.17. The van der Waals surface area contributed by atoms with Gasteiger partial charge in [0.1, 0.15) is 0 Å². The Morgan fingerprint density at radius 3 is 2.68 bits per heavy atom. The van der Waals surface area contributed by atoms with Crippen molar-refractivity contribution in [1.29, 1.82) is 0 Å². The molecule has 102 valence electrons. The second-order valence-corrected chi connectivity index (χ2v) is 5.11. The molecule has 2 amide bonds. The van der Waals surface area contributed by atoms with Gasteiger partial charge in [0.05, 0.1) is 5.69 Å². The number of hydrogen-bond donors (Lipinski definition) is 2. The number of anilines is 2. The van der Waals surface area contributed by atoms with Crippen LogP contribution < -0.4 is 16.0 Å². The third-order valence-electron chi connectivity index (χ3n) is 3.59. The molecule has 0 unspecified atom stereocenters. The smallest absolute Gasteiger partial charge is 0.317 e.